The Labute approximate surface area is 150 Å². The molecule has 1 heterocycles. The Morgan fingerprint density at radius 2 is 1.84 bits per heavy atom. The highest BCUT2D eigenvalue weighted by Gasteiger charge is 2.19. The number of rotatable bonds is 4. The fraction of sp³-hybridized carbons (Fsp3) is 0.0714. The van der Waals surface area contributed by atoms with Gasteiger partial charge < -0.3 is 5.32 Å². The van der Waals surface area contributed by atoms with E-state index in [4.69, 9.17) is 11.6 Å². The third kappa shape index (κ3) is 4.52. The lowest BCUT2D eigenvalue weighted by Crippen LogP contribution is -2.40. The molecule has 0 unspecified atom stereocenters. The summed E-state index contributed by atoms with van der Waals surface area (Å²) in [6, 6.07) is 4.92. The number of benzene rings is 1. The molecule has 130 valence electrons. The summed E-state index contributed by atoms with van der Waals surface area (Å²) in [5.41, 5.74) is 4.04. The van der Waals surface area contributed by atoms with Crippen molar-refractivity contribution in [1.29, 1.82) is 0 Å². The number of halogens is 1. The molecular weight excluding hydrogens is 372 g/mol. The van der Waals surface area contributed by atoms with Gasteiger partial charge in [-0.3, -0.25) is 35.3 Å². The van der Waals surface area contributed by atoms with Crippen LogP contribution in [0.1, 0.15) is 27.6 Å². The maximum absolute atomic E-state index is 12.3. The number of nitro groups is 1. The van der Waals surface area contributed by atoms with Crippen LogP contribution in [0, 0.1) is 10.1 Å². The van der Waals surface area contributed by atoms with Gasteiger partial charge in [-0.15, -0.1) is 11.3 Å². The minimum absolute atomic E-state index is 0.0314. The monoisotopic (exact) mass is 382 g/mol. The van der Waals surface area contributed by atoms with Crippen LogP contribution in [0.15, 0.2) is 29.6 Å². The average molecular weight is 383 g/mol. The van der Waals surface area contributed by atoms with Crippen LogP contribution < -0.4 is 16.2 Å². The first-order valence-corrected chi connectivity index (χ1v) is 7.95. The number of hydrogen-bond donors (Lipinski definition) is 3. The van der Waals surface area contributed by atoms with Crippen LogP contribution in [0.4, 0.5) is 10.7 Å². The molecule has 2 aromatic rings. The Morgan fingerprint density at radius 3 is 2.48 bits per heavy atom. The van der Waals surface area contributed by atoms with E-state index in [1.54, 1.807) is 5.38 Å². The van der Waals surface area contributed by atoms with E-state index >= 15 is 0 Å². The molecule has 3 N–H and O–H groups in total. The molecule has 0 saturated heterocycles. The predicted molar refractivity (Wildman–Crippen MR) is 91.7 cm³/mol. The van der Waals surface area contributed by atoms with Crippen molar-refractivity contribution in [2.75, 3.05) is 5.32 Å². The van der Waals surface area contributed by atoms with Crippen LogP contribution in [-0.2, 0) is 4.79 Å². The fourth-order valence-electron chi connectivity index (χ4n) is 1.77. The van der Waals surface area contributed by atoms with Gasteiger partial charge in [-0.05, 0) is 17.5 Å². The summed E-state index contributed by atoms with van der Waals surface area (Å²) in [6.45, 7) is 1.22. The number of nitro benzene ring substituents is 1. The molecule has 0 aliphatic carbocycles. The third-order valence-corrected chi connectivity index (χ3v) is 4.05. The molecular formula is C14H11ClN4O5S. The number of nitrogens with zero attached hydrogens (tertiary/aromatic N) is 1. The number of non-ortho nitro benzene ring substituents is 1. The molecule has 0 spiro atoms. The van der Waals surface area contributed by atoms with Crippen molar-refractivity contribution >= 4 is 51.3 Å². The van der Waals surface area contributed by atoms with Crippen molar-refractivity contribution in [2.24, 2.45) is 0 Å². The number of anilines is 1. The van der Waals surface area contributed by atoms with Crippen molar-refractivity contribution in [3.05, 3.63) is 55.9 Å². The molecule has 25 heavy (non-hydrogen) atoms. The molecule has 1 aromatic heterocycles. The lowest BCUT2D eigenvalue weighted by molar-refractivity contribution is -0.384. The Kier molecular flexibility index (Phi) is 5.67. The highest BCUT2D eigenvalue weighted by atomic mass is 35.5. The summed E-state index contributed by atoms with van der Waals surface area (Å²) in [4.78, 5) is 45.3. The topological polar surface area (TPSA) is 130 Å². The minimum atomic E-state index is -0.704. The van der Waals surface area contributed by atoms with E-state index in [9.17, 15) is 24.5 Å². The first-order valence-electron chi connectivity index (χ1n) is 6.69. The summed E-state index contributed by atoms with van der Waals surface area (Å²) in [5.74, 6) is -1.79. The van der Waals surface area contributed by atoms with Gasteiger partial charge in [0, 0.05) is 19.1 Å². The van der Waals surface area contributed by atoms with E-state index < -0.39 is 22.6 Å². The van der Waals surface area contributed by atoms with Crippen molar-refractivity contribution in [3.8, 4) is 0 Å². The molecule has 0 saturated carbocycles. The molecule has 11 heteroatoms. The number of amides is 3. The number of hydrazine groups is 1. The van der Waals surface area contributed by atoms with Crippen LogP contribution in [0.3, 0.4) is 0 Å². The number of hydrogen-bond acceptors (Lipinski definition) is 6. The number of nitrogens with one attached hydrogen (secondary N) is 3. The summed E-state index contributed by atoms with van der Waals surface area (Å²) in [6.07, 6.45) is 0. The van der Waals surface area contributed by atoms with Crippen molar-refractivity contribution in [2.45, 2.75) is 6.92 Å². The van der Waals surface area contributed by atoms with Gasteiger partial charge in [0.15, 0.2) is 0 Å². The first kappa shape index (κ1) is 18.4. The summed E-state index contributed by atoms with van der Waals surface area (Å²) in [5, 5.41) is 15.1. The summed E-state index contributed by atoms with van der Waals surface area (Å²) < 4.78 is 0. The van der Waals surface area contributed by atoms with E-state index in [1.165, 1.54) is 25.1 Å². The van der Waals surface area contributed by atoms with Gasteiger partial charge in [0.05, 0.1) is 21.1 Å². The highest BCUT2D eigenvalue weighted by Crippen LogP contribution is 2.27. The molecule has 0 aliphatic heterocycles. The second-order valence-corrected chi connectivity index (χ2v) is 6.00. The van der Waals surface area contributed by atoms with Gasteiger partial charge in [-0.1, -0.05) is 11.6 Å². The average Bonchev–Trinajstić information content (AvgIpc) is 3.00. The molecule has 0 bridgehead atoms. The van der Waals surface area contributed by atoms with Gasteiger partial charge in [-0.2, -0.15) is 0 Å². The highest BCUT2D eigenvalue weighted by molar-refractivity contribution is 7.14. The standard InChI is InChI=1S/C14H11ClN4O5S/c1-7(20)17-18-13(22)9-4-5-25-14(9)16-12(21)10-6-8(19(23)24)2-3-11(10)15/h2-6H,1H3,(H,16,21)(H,17,20)(H,18,22). The maximum atomic E-state index is 12.3. The third-order valence-electron chi connectivity index (χ3n) is 2.89. The van der Waals surface area contributed by atoms with Gasteiger partial charge in [0.25, 0.3) is 17.5 Å². The zero-order valence-corrected chi connectivity index (χ0v) is 14.2. The van der Waals surface area contributed by atoms with Crippen LogP contribution in [0.25, 0.3) is 0 Å². The van der Waals surface area contributed by atoms with Crippen LogP contribution in [0.2, 0.25) is 5.02 Å². The van der Waals surface area contributed by atoms with Gasteiger partial charge in [-0.25, -0.2) is 0 Å². The lowest BCUT2D eigenvalue weighted by atomic mass is 10.2. The molecule has 0 fully saturated rings. The minimum Gasteiger partial charge on any atom is -0.313 e. The summed E-state index contributed by atoms with van der Waals surface area (Å²) in [7, 11) is 0. The Hall–Kier alpha value is -2.98. The number of carbonyl (C=O) groups excluding carboxylic acids is 3. The van der Waals surface area contributed by atoms with Gasteiger partial charge in [0.1, 0.15) is 5.00 Å². The quantitative estimate of drug-likeness (QED) is 0.551. The second-order valence-electron chi connectivity index (χ2n) is 4.67. The largest absolute Gasteiger partial charge is 0.313 e. The van der Waals surface area contributed by atoms with Crippen LogP contribution >= 0.6 is 22.9 Å². The first-order chi connectivity index (χ1) is 11.8. The molecule has 2 rings (SSSR count). The molecule has 3 amide bonds. The lowest BCUT2D eigenvalue weighted by Gasteiger charge is -2.08. The number of carbonyl (C=O) groups is 3. The zero-order valence-electron chi connectivity index (χ0n) is 12.7. The van der Waals surface area contributed by atoms with Crippen molar-refractivity contribution < 1.29 is 19.3 Å². The molecule has 1 aromatic carbocycles. The van der Waals surface area contributed by atoms with Crippen molar-refractivity contribution in [3.63, 3.8) is 0 Å². The van der Waals surface area contributed by atoms with Crippen LogP contribution in [-0.4, -0.2) is 22.6 Å². The van der Waals surface area contributed by atoms with E-state index in [1.807, 2.05) is 0 Å². The molecule has 0 radical (unpaired) electrons. The van der Waals surface area contributed by atoms with E-state index in [-0.39, 0.29) is 26.8 Å². The fourth-order valence-corrected chi connectivity index (χ4v) is 2.75. The smallest absolute Gasteiger partial charge is 0.272 e. The van der Waals surface area contributed by atoms with Crippen molar-refractivity contribution in [1.82, 2.24) is 10.9 Å². The van der Waals surface area contributed by atoms with E-state index in [2.05, 4.69) is 16.2 Å². The van der Waals surface area contributed by atoms with E-state index in [0.717, 1.165) is 17.4 Å². The maximum Gasteiger partial charge on any atom is 0.272 e. The zero-order chi connectivity index (χ0) is 18.6. The van der Waals surface area contributed by atoms with Crippen LogP contribution in [0.5, 0.6) is 0 Å². The normalized spacial score (nSPS) is 10.0. The van der Waals surface area contributed by atoms with E-state index in [0.29, 0.717) is 0 Å². The van der Waals surface area contributed by atoms with Gasteiger partial charge >= 0.3 is 0 Å². The summed E-state index contributed by atoms with van der Waals surface area (Å²) >= 11 is 6.99. The molecule has 9 nitrogen and oxygen atoms in total. The Balaban J connectivity index is 2.21. The molecule has 0 atom stereocenters. The SMILES string of the molecule is CC(=O)NNC(=O)c1ccsc1NC(=O)c1cc([N+](=O)[O-])ccc1Cl. The Morgan fingerprint density at radius 1 is 1.12 bits per heavy atom. The van der Waals surface area contributed by atoms with Gasteiger partial charge in [0.2, 0.25) is 5.91 Å². The molecule has 0 aliphatic rings. The Bertz CT molecular complexity index is 867. The number of thiophene rings is 1. The predicted octanol–water partition coefficient (Wildman–Crippen LogP) is 2.34. The second kappa shape index (κ2) is 7.73.